The van der Waals surface area contributed by atoms with Crippen LogP contribution in [0.2, 0.25) is 0 Å². The molecule has 0 bridgehead atoms. The highest BCUT2D eigenvalue weighted by Gasteiger charge is 2.21. The maximum atomic E-state index is 13.8. The van der Waals surface area contributed by atoms with Gasteiger partial charge in [0.25, 0.3) is 0 Å². The standard InChI is InChI=1S/C33H33FN4O2/c1-23-9-6-7-16-38(23)20-29-19-36-33(37-32(29)39-21-25-14-15-31(34)28(17-25)18-35)40-22-27-12-8-13-30(24(27)2)26-10-4-3-5-11-26/h3-5,8,10-15,17,19,23H,6-7,9,16,20-22H2,1-2H3/t23-/m1/s1. The smallest absolute Gasteiger partial charge is 0.320 e. The van der Waals surface area contributed by atoms with Crippen molar-refractivity contribution in [3.05, 3.63) is 107 Å². The summed E-state index contributed by atoms with van der Waals surface area (Å²) in [7, 11) is 0. The van der Waals surface area contributed by atoms with E-state index in [4.69, 9.17) is 9.47 Å². The van der Waals surface area contributed by atoms with Crippen molar-refractivity contribution in [2.45, 2.75) is 58.9 Å². The third kappa shape index (κ3) is 6.47. The normalized spacial score (nSPS) is 15.4. The molecule has 0 spiro atoms. The summed E-state index contributed by atoms with van der Waals surface area (Å²) < 4.78 is 26.0. The van der Waals surface area contributed by atoms with Gasteiger partial charge >= 0.3 is 6.01 Å². The van der Waals surface area contributed by atoms with Gasteiger partial charge in [0, 0.05) is 24.3 Å². The van der Waals surface area contributed by atoms with Crippen LogP contribution >= 0.6 is 0 Å². The molecule has 1 atom stereocenters. The Bertz CT molecular complexity index is 1500. The molecule has 5 rings (SSSR count). The summed E-state index contributed by atoms with van der Waals surface area (Å²) >= 11 is 0. The molecule has 4 aromatic rings. The van der Waals surface area contributed by atoms with Gasteiger partial charge in [0.1, 0.15) is 25.1 Å². The van der Waals surface area contributed by atoms with Gasteiger partial charge in [-0.05, 0) is 73.2 Å². The Kier molecular flexibility index (Phi) is 8.68. The Labute approximate surface area is 235 Å². The molecule has 0 unspecified atom stereocenters. The van der Waals surface area contributed by atoms with Gasteiger partial charge in [0.05, 0.1) is 5.56 Å². The van der Waals surface area contributed by atoms with Crippen LogP contribution in [0.15, 0.2) is 72.9 Å². The van der Waals surface area contributed by atoms with E-state index in [9.17, 15) is 9.65 Å². The first-order valence-electron chi connectivity index (χ1n) is 13.7. The molecule has 0 amide bonds. The molecule has 1 aromatic heterocycles. The van der Waals surface area contributed by atoms with Gasteiger partial charge in [-0.1, -0.05) is 61.0 Å². The quantitative estimate of drug-likeness (QED) is 0.229. The van der Waals surface area contributed by atoms with Crippen LogP contribution in [0.25, 0.3) is 11.1 Å². The van der Waals surface area contributed by atoms with Crippen molar-refractivity contribution in [1.82, 2.24) is 14.9 Å². The van der Waals surface area contributed by atoms with E-state index in [-0.39, 0.29) is 18.2 Å². The molecule has 1 aliphatic rings. The van der Waals surface area contributed by atoms with Crippen molar-refractivity contribution in [1.29, 1.82) is 5.26 Å². The van der Waals surface area contributed by atoms with E-state index in [2.05, 4.69) is 46.9 Å². The summed E-state index contributed by atoms with van der Waals surface area (Å²) in [6.07, 6.45) is 5.33. The zero-order chi connectivity index (χ0) is 27.9. The maximum absolute atomic E-state index is 13.8. The number of hydrogen-bond donors (Lipinski definition) is 0. The number of benzene rings is 3. The molecular formula is C33H33FN4O2. The molecule has 2 heterocycles. The average Bonchev–Trinajstić information content (AvgIpc) is 2.98. The first kappa shape index (κ1) is 27.3. The van der Waals surface area contributed by atoms with E-state index in [1.165, 1.54) is 18.6 Å². The Balaban J connectivity index is 1.36. The highest BCUT2D eigenvalue weighted by Crippen LogP contribution is 2.28. The summed E-state index contributed by atoms with van der Waals surface area (Å²) in [5, 5.41) is 9.20. The predicted molar refractivity (Wildman–Crippen MR) is 152 cm³/mol. The third-order valence-corrected chi connectivity index (χ3v) is 7.53. The molecule has 1 fully saturated rings. The minimum Gasteiger partial charge on any atom is -0.472 e. The number of ether oxygens (including phenoxy) is 2. The molecule has 0 saturated carbocycles. The monoisotopic (exact) mass is 536 g/mol. The van der Waals surface area contributed by atoms with Crippen molar-refractivity contribution >= 4 is 0 Å². The van der Waals surface area contributed by atoms with Crippen LogP contribution in [0.1, 0.15) is 54.0 Å². The number of aromatic nitrogens is 2. The van der Waals surface area contributed by atoms with Gasteiger partial charge in [-0.25, -0.2) is 9.37 Å². The van der Waals surface area contributed by atoms with Gasteiger partial charge in [-0.3, -0.25) is 4.90 Å². The summed E-state index contributed by atoms with van der Waals surface area (Å²) in [6.45, 7) is 6.48. The fourth-order valence-electron chi connectivity index (χ4n) is 5.10. The van der Waals surface area contributed by atoms with Crippen molar-refractivity contribution in [2.24, 2.45) is 0 Å². The molecule has 40 heavy (non-hydrogen) atoms. The lowest BCUT2D eigenvalue weighted by Gasteiger charge is -2.33. The van der Waals surface area contributed by atoms with Crippen LogP contribution in [-0.2, 0) is 19.8 Å². The lowest BCUT2D eigenvalue weighted by atomic mass is 9.97. The van der Waals surface area contributed by atoms with Crippen LogP contribution in [0.4, 0.5) is 4.39 Å². The number of halogens is 1. The van der Waals surface area contributed by atoms with Crippen LogP contribution < -0.4 is 9.47 Å². The maximum Gasteiger partial charge on any atom is 0.320 e. The van der Waals surface area contributed by atoms with E-state index < -0.39 is 5.82 Å². The minimum absolute atomic E-state index is 0.0109. The highest BCUT2D eigenvalue weighted by molar-refractivity contribution is 5.68. The highest BCUT2D eigenvalue weighted by atomic mass is 19.1. The molecule has 6 nitrogen and oxygen atoms in total. The number of piperidine rings is 1. The lowest BCUT2D eigenvalue weighted by Crippen LogP contribution is -2.36. The van der Waals surface area contributed by atoms with E-state index in [0.717, 1.165) is 47.2 Å². The summed E-state index contributed by atoms with van der Waals surface area (Å²) in [5.41, 5.74) is 6.05. The van der Waals surface area contributed by atoms with E-state index in [1.54, 1.807) is 12.3 Å². The summed E-state index contributed by atoms with van der Waals surface area (Å²) in [6, 6.07) is 23.4. The average molecular weight is 537 g/mol. The molecule has 3 aromatic carbocycles. The van der Waals surface area contributed by atoms with Gasteiger partial charge in [-0.15, -0.1) is 0 Å². The van der Waals surface area contributed by atoms with Gasteiger partial charge in [-0.2, -0.15) is 10.2 Å². The fraction of sp³-hybridized carbons (Fsp3) is 0.303. The zero-order valence-electron chi connectivity index (χ0n) is 22.9. The van der Waals surface area contributed by atoms with E-state index >= 15 is 0 Å². The number of nitriles is 1. The summed E-state index contributed by atoms with van der Waals surface area (Å²) in [5.74, 6) is -0.115. The second-order valence-corrected chi connectivity index (χ2v) is 10.3. The van der Waals surface area contributed by atoms with Crippen LogP contribution in [-0.4, -0.2) is 27.5 Å². The molecule has 0 N–H and O–H groups in total. The summed E-state index contributed by atoms with van der Waals surface area (Å²) in [4.78, 5) is 11.6. The van der Waals surface area contributed by atoms with Gasteiger partial charge < -0.3 is 9.47 Å². The minimum atomic E-state index is -0.546. The van der Waals surface area contributed by atoms with Crippen LogP contribution in [0, 0.1) is 24.1 Å². The van der Waals surface area contributed by atoms with Gasteiger partial charge in [0.15, 0.2) is 0 Å². The zero-order valence-corrected chi connectivity index (χ0v) is 22.9. The molecular weight excluding hydrogens is 503 g/mol. The Hall–Kier alpha value is -4.28. The van der Waals surface area contributed by atoms with E-state index in [0.29, 0.717) is 30.6 Å². The SMILES string of the molecule is Cc1c(COc2ncc(CN3CCCC[C@H]3C)c(OCc3ccc(F)c(C#N)c3)n2)cccc1-c1ccccc1. The van der Waals surface area contributed by atoms with Crippen molar-refractivity contribution in [2.75, 3.05) is 6.54 Å². The molecule has 7 heteroatoms. The Morgan fingerprint density at radius 1 is 1.00 bits per heavy atom. The van der Waals surface area contributed by atoms with Crippen molar-refractivity contribution in [3.8, 4) is 29.1 Å². The Morgan fingerprint density at radius 3 is 2.65 bits per heavy atom. The topological polar surface area (TPSA) is 71.3 Å². The predicted octanol–water partition coefficient (Wildman–Crippen LogP) is 7.00. The van der Waals surface area contributed by atoms with Gasteiger partial charge in [0.2, 0.25) is 5.88 Å². The molecule has 0 radical (unpaired) electrons. The number of rotatable bonds is 9. The molecule has 1 saturated heterocycles. The van der Waals surface area contributed by atoms with Crippen LogP contribution in [0.3, 0.4) is 0 Å². The van der Waals surface area contributed by atoms with Crippen LogP contribution in [0.5, 0.6) is 11.9 Å². The number of likely N-dealkylation sites (tertiary alicyclic amines) is 1. The molecule has 0 aliphatic carbocycles. The second-order valence-electron chi connectivity index (χ2n) is 10.3. The number of nitrogens with zero attached hydrogens (tertiary/aromatic N) is 4. The lowest BCUT2D eigenvalue weighted by molar-refractivity contribution is 0.149. The van der Waals surface area contributed by atoms with E-state index in [1.807, 2.05) is 36.4 Å². The van der Waals surface area contributed by atoms with Crippen molar-refractivity contribution in [3.63, 3.8) is 0 Å². The Morgan fingerprint density at radius 2 is 1.85 bits per heavy atom. The molecule has 1 aliphatic heterocycles. The third-order valence-electron chi connectivity index (χ3n) is 7.53. The molecule has 204 valence electrons. The first-order valence-corrected chi connectivity index (χ1v) is 13.7. The number of hydrogen-bond acceptors (Lipinski definition) is 6. The van der Waals surface area contributed by atoms with Crippen molar-refractivity contribution < 1.29 is 13.9 Å². The largest absolute Gasteiger partial charge is 0.472 e. The fourth-order valence-corrected chi connectivity index (χ4v) is 5.10. The second kappa shape index (κ2) is 12.7. The first-order chi connectivity index (χ1) is 19.5.